The lowest BCUT2D eigenvalue weighted by Crippen LogP contribution is -2.20. The predicted octanol–water partition coefficient (Wildman–Crippen LogP) is 3.04. The second-order valence-corrected chi connectivity index (χ2v) is 7.07. The third-order valence-electron chi connectivity index (χ3n) is 3.96. The average Bonchev–Trinajstić information content (AvgIpc) is 2.55. The summed E-state index contributed by atoms with van der Waals surface area (Å²) >= 11 is 2.10. The molecule has 5 nitrogen and oxygen atoms in total. The van der Waals surface area contributed by atoms with Crippen LogP contribution < -0.4 is 15.0 Å². The third kappa shape index (κ3) is 3.59. The Kier molecular flexibility index (Phi) is 5.92. The molecule has 0 amide bonds. The smallest absolute Gasteiger partial charge is 0.264 e. The van der Waals surface area contributed by atoms with Crippen LogP contribution in [0.2, 0.25) is 0 Å². The molecule has 0 saturated heterocycles. The maximum absolute atomic E-state index is 12.1. The molecule has 1 aromatic carbocycles. The minimum Gasteiger partial charge on any atom is -0.496 e. The van der Waals surface area contributed by atoms with Gasteiger partial charge >= 0.3 is 0 Å². The van der Waals surface area contributed by atoms with Gasteiger partial charge in [-0.15, -0.1) is 0 Å². The number of nitrogens with zero attached hydrogens (tertiary/aromatic N) is 2. The van der Waals surface area contributed by atoms with Crippen molar-refractivity contribution >= 4 is 22.6 Å². The van der Waals surface area contributed by atoms with Crippen LogP contribution in [0.1, 0.15) is 11.1 Å². The molecule has 2 rings (SSSR count). The molecule has 0 N–H and O–H groups in total. The lowest BCUT2D eigenvalue weighted by molar-refractivity contribution is 0.349. The molecule has 0 aliphatic rings. The zero-order valence-corrected chi connectivity index (χ0v) is 17.1. The van der Waals surface area contributed by atoms with Gasteiger partial charge in [-0.3, -0.25) is 4.79 Å². The van der Waals surface area contributed by atoms with Crippen molar-refractivity contribution in [2.24, 2.45) is 7.05 Å². The number of hydrogen-bond donors (Lipinski definition) is 0. The van der Waals surface area contributed by atoms with Crippen LogP contribution in [-0.2, 0) is 13.6 Å². The van der Waals surface area contributed by atoms with Crippen LogP contribution in [0, 0.1) is 10.5 Å². The molecule has 130 valence electrons. The number of hydrogen-bond acceptors (Lipinski definition) is 4. The van der Waals surface area contributed by atoms with E-state index in [1.54, 1.807) is 25.8 Å². The molecule has 0 aliphatic heterocycles. The third-order valence-corrected chi connectivity index (χ3v) is 5.23. The Morgan fingerprint density at radius 1 is 1.17 bits per heavy atom. The van der Waals surface area contributed by atoms with Crippen molar-refractivity contribution in [3.8, 4) is 22.6 Å². The summed E-state index contributed by atoms with van der Waals surface area (Å²) in [5, 5.41) is 0. The maximum atomic E-state index is 12.1. The molecule has 0 aliphatic carbocycles. The minimum atomic E-state index is 0.0139. The van der Waals surface area contributed by atoms with Gasteiger partial charge in [0.1, 0.15) is 11.5 Å². The Bertz CT molecular complexity index is 788. The Morgan fingerprint density at radius 2 is 1.71 bits per heavy atom. The van der Waals surface area contributed by atoms with Crippen LogP contribution in [0.4, 0.5) is 0 Å². The van der Waals surface area contributed by atoms with E-state index in [2.05, 4.69) is 27.5 Å². The molecule has 0 bridgehead atoms. The van der Waals surface area contributed by atoms with Crippen LogP contribution in [0.3, 0.4) is 0 Å². The van der Waals surface area contributed by atoms with E-state index >= 15 is 0 Å². The van der Waals surface area contributed by atoms with Gasteiger partial charge in [-0.25, -0.2) is 0 Å². The standard InChI is InChI=1S/C18H23IN2O3/c1-11-13(10-21(4)18(22)17(11)19)12-7-15(23-5)14(9-20(2)3)16(8-12)24-6/h7-8,10H,9H2,1-6H3. The fourth-order valence-corrected chi connectivity index (χ4v) is 3.36. The van der Waals surface area contributed by atoms with E-state index < -0.39 is 0 Å². The molecule has 0 radical (unpaired) electrons. The topological polar surface area (TPSA) is 43.7 Å². The van der Waals surface area contributed by atoms with Gasteiger partial charge in [0.2, 0.25) is 0 Å². The number of halogens is 1. The van der Waals surface area contributed by atoms with Crippen molar-refractivity contribution in [2.75, 3.05) is 28.3 Å². The molecule has 0 unspecified atom stereocenters. The van der Waals surface area contributed by atoms with Crippen molar-refractivity contribution in [2.45, 2.75) is 13.5 Å². The molecule has 1 heterocycles. The zero-order valence-electron chi connectivity index (χ0n) is 14.9. The van der Waals surface area contributed by atoms with Gasteiger partial charge in [-0.2, -0.15) is 0 Å². The minimum absolute atomic E-state index is 0.0139. The summed E-state index contributed by atoms with van der Waals surface area (Å²) in [7, 11) is 9.10. The Balaban J connectivity index is 2.71. The molecule has 0 saturated carbocycles. The predicted molar refractivity (Wildman–Crippen MR) is 105 cm³/mol. The second kappa shape index (κ2) is 7.57. The summed E-state index contributed by atoms with van der Waals surface area (Å²) in [6.45, 7) is 2.68. The zero-order chi connectivity index (χ0) is 18.0. The van der Waals surface area contributed by atoms with E-state index in [9.17, 15) is 4.79 Å². The molecule has 1 aromatic heterocycles. The van der Waals surface area contributed by atoms with Crippen LogP contribution in [0.25, 0.3) is 11.1 Å². The molecule has 0 atom stereocenters. The lowest BCUT2D eigenvalue weighted by Gasteiger charge is -2.19. The lowest BCUT2D eigenvalue weighted by atomic mass is 9.99. The van der Waals surface area contributed by atoms with Gasteiger partial charge in [-0.1, -0.05) is 0 Å². The van der Waals surface area contributed by atoms with Crippen molar-refractivity contribution in [3.63, 3.8) is 0 Å². The first kappa shape index (κ1) is 18.8. The Morgan fingerprint density at radius 3 is 2.17 bits per heavy atom. The van der Waals surface area contributed by atoms with Crippen LogP contribution in [0.5, 0.6) is 11.5 Å². The van der Waals surface area contributed by atoms with Crippen LogP contribution >= 0.6 is 22.6 Å². The summed E-state index contributed by atoms with van der Waals surface area (Å²) < 4.78 is 13.5. The normalized spacial score (nSPS) is 11.0. The van der Waals surface area contributed by atoms with Gasteiger partial charge < -0.3 is 18.9 Å². The molecule has 0 fully saturated rings. The molecule has 2 aromatic rings. The molecule has 6 heteroatoms. The molecular formula is C18H23IN2O3. The number of methoxy groups -OCH3 is 2. The number of rotatable bonds is 5. The first-order chi connectivity index (χ1) is 11.3. The summed E-state index contributed by atoms with van der Waals surface area (Å²) in [5.41, 5.74) is 3.95. The average molecular weight is 442 g/mol. The maximum Gasteiger partial charge on any atom is 0.264 e. The fourth-order valence-electron chi connectivity index (χ4n) is 2.69. The van der Waals surface area contributed by atoms with Crippen molar-refractivity contribution in [3.05, 3.63) is 43.4 Å². The highest BCUT2D eigenvalue weighted by Gasteiger charge is 2.17. The van der Waals surface area contributed by atoms with Gasteiger partial charge in [0.05, 0.1) is 23.4 Å². The number of aryl methyl sites for hydroxylation is 1. The van der Waals surface area contributed by atoms with Crippen molar-refractivity contribution in [1.29, 1.82) is 0 Å². The van der Waals surface area contributed by atoms with E-state index in [1.165, 1.54) is 0 Å². The van der Waals surface area contributed by atoms with Crippen molar-refractivity contribution < 1.29 is 9.47 Å². The van der Waals surface area contributed by atoms with Gasteiger partial charge in [0.25, 0.3) is 5.56 Å². The highest BCUT2D eigenvalue weighted by Crippen LogP contribution is 2.37. The summed E-state index contributed by atoms with van der Waals surface area (Å²) in [6, 6.07) is 4.01. The summed E-state index contributed by atoms with van der Waals surface area (Å²) in [6.07, 6.45) is 1.86. The van der Waals surface area contributed by atoms with E-state index in [0.29, 0.717) is 0 Å². The first-order valence-corrected chi connectivity index (χ1v) is 8.63. The van der Waals surface area contributed by atoms with E-state index in [1.807, 2.05) is 39.3 Å². The monoisotopic (exact) mass is 442 g/mol. The fraction of sp³-hybridized carbons (Fsp3) is 0.389. The molecule has 0 spiro atoms. The first-order valence-electron chi connectivity index (χ1n) is 7.55. The Labute approximate surface area is 156 Å². The second-order valence-electron chi connectivity index (χ2n) is 5.99. The molecular weight excluding hydrogens is 419 g/mol. The number of benzene rings is 1. The van der Waals surface area contributed by atoms with E-state index in [4.69, 9.17) is 9.47 Å². The number of aromatic nitrogens is 1. The summed E-state index contributed by atoms with van der Waals surface area (Å²) in [4.78, 5) is 14.2. The SMILES string of the molecule is COc1cc(-c2cn(C)c(=O)c(I)c2C)cc(OC)c1CN(C)C. The van der Waals surface area contributed by atoms with Gasteiger partial charge in [0, 0.05) is 25.4 Å². The number of ether oxygens (including phenoxy) is 2. The summed E-state index contributed by atoms with van der Waals surface area (Å²) in [5.74, 6) is 1.56. The number of pyridine rings is 1. The Hall–Kier alpha value is -1.54. The quantitative estimate of drug-likeness (QED) is 0.668. The van der Waals surface area contributed by atoms with Gasteiger partial charge in [-0.05, 0) is 66.9 Å². The van der Waals surface area contributed by atoms with Crippen LogP contribution in [0.15, 0.2) is 23.1 Å². The highest BCUT2D eigenvalue weighted by atomic mass is 127. The molecule has 24 heavy (non-hydrogen) atoms. The van der Waals surface area contributed by atoms with Crippen LogP contribution in [-0.4, -0.2) is 37.8 Å². The largest absolute Gasteiger partial charge is 0.496 e. The van der Waals surface area contributed by atoms with Crippen molar-refractivity contribution in [1.82, 2.24) is 9.47 Å². The highest BCUT2D eigenvalue weighted by molar-refractivity contribution is 14.1. The van der Waals surface area contributed by atoms with E-state index in [-0.39, 0.29) is 5.56 Å². The van der Waals surface area contributed by atoms with Gasteiger partial charge in [0.15, 0.2) is 0 Å². The van der Waals surface area contributed by atoms with E-state index in [0.717, 1.165) is 43.9 Å².